The molecule has 3 heterocycles. The van der Waals surface area contributed by atoms with Crippen LogP contribution in [0.1, 0.15) is 35.0 Å². The lowest BCUT2D eigenvalue weighted by atomic mass is 10.00. The second-order valence-electron chi connectivity index (χ2n) is 8.46. The number of benzene rings is 1. The summed E-state index contributed by atoms with van der Waals surface area (Å²) in [5.74, 6) is -0.403. The number of hydrogen-bond donors (Lipinski definition) is 1. The van der Waals surface area contributed by atoms with Gasteiger partial charge < -0.3 is 14.7 Å². The number of carbonyl (C=O) groups is 2. The minimum Gasteiger partial charge on any atom is -0.355 e. The summed E-state index contributed by atoms with van der Waals surface area (Å²) >= 11 is 0. The fourth-order valence-electron chi connectivity index (χ4n) is 4.16. The van der Waals surface area contributed by atoms with Crippen LogP contribution in [0.5, 0.6) is 0 Å². The van der Waals surface area contributed by atoms with Crippen LogP contribution in [0, 0.1) is 6.92 Å². The minimum atomic E-state index is -4.59. The SMILES string of the molecule is CCCNC(=O)CN1CCN(C(=O)c2cc(-c3ccccc3C(F)(F)F)nc3onc(C)c23)CC1. The molecule has 8 nitrogen and oxygen atoms in total. The van der Waals surface area contributed by atoms with Crippen molar-refractivity contribution >= 4 is 22.9 Å². The number of nitrogens with one attached hydrogen (secondary N) is 1. The van der Waals surface area contributed by atoms with Crippen LogP contribution in [0.15, 0.2) is 34.9 Å². The summed E-state index contributed by atoms with van der Waals surface area (Å²) < 4.78 is 46.1. The summed E-state index contributed by atoms with van der Waals surface area (Å²) in [7, 11) is 0. The standard InChI is InChI=1S/C24H26F3N5O3/c1-3-8-28-20(33)14-31-9-11-32(12-10-31)23(34)17-13-19(29-22-21(17)15(2)30-35-22)16-6-4-5-7-18(16)24(25,26)27/h4-7,13H,3,8-12,14H2,1-2H3,(H,28,33). The van der Waals surface area contributed by atoms with Crippen molar-refractivity contribution in [3.05, 3.63) is 47.2 Å². The summed E-state index contributed by atoms with van der Waals surface area (Å²) in [5.41, 5.74) is -0.389. The van der Waals surface area contributed by atoms with Gasteiger partial charge in [0.1, 0.15) is 0 Å². The van der Waals surface area contributed by atoms with Gasteiger partial charge in [0.05, 0.1) is 34.4 Å². The van der Waals surface area contributed by atoms with Crippen LogP contribution < -0.4 is 5.32 Å². The number of piperazine rings is 1. The highest BCUT2D eigenvalue weighted by Crippen LogP contribution is 2.37. The lowest BCUT2D eigenvalue weighted by molar-refractivity contribution is -0.137. The van der Waals surface area contributed by atoms with Gasteiger partial charge in [-0.25, -0.2) is 4.98 Å². The highest BCUT2D eigenvalue weighted by molar-refractivity contribution is 6.07. The van der Waals surface area contributed by atoms with E-state index >= 15 is 0 Å². The molecule has 0 aliphatic carbocycles. The molecule has 1 N–H and O–H groups in total. The zero-order chi connectivity index (χ0) is 25.2. The number of halogens is 3. The van der Waals surface area contributed by atoms with E-state index in [2.05, 4.69) is 15.5 Å². The molecule has 0 atom stereocenters. The lowest BCUT2D eigenvalue weighted by Crippen LogP contribution is -2.51. The molecule has 1 aliphatic rings. The Kier molecular flexibility index (Phi) is 7.06. The molecule has 0 bridgehead atoms. The highest BCUT2D eigenvalue weighted by atomic mass is 19.4. The second-order valence-corrected chi connectivity index (χ2v) is 8.46. The third-order valence-electron chi connectivity index (χ3n) is 5.95. The number of aryl methyl sites for hydroxylation is 1. The van der Waals surface area contributed by atoms with Gasteiger partial charge in [0.2, 0.25) is 5.91 Å². The zero-order valence-corrected chi connectivity index (χ0v) is 19.5. The molecular weight excluding hydrogens is 463 g/mol. The molecule has 186 valence electrons. The van der Waals surface area contributed by atoms with Crippen LogP contribution in [0.3, 0.4) is 0 Å². The van der Waals surface area contributed by atoms with E-state index < -0.39 is 11.7 Å². The average molecular weight is 489 g/mol. The molecule has 1 aromatic carbocycles. The molecule has 0 saturated carbocycles. The number of carbonyl (C=O) groups excluding carboxylic acids is 2. The van der Waals surface area contributed by atoms with Crippen LogP contribution in [0.25, 0.3) is 22.4 Å². The van der Waals surface area contributed by atoms with E-state index in [9.17, 15) is 22.8 Å². The normalized spacial score (nSPS) is 14.9. The molecule has 3 aromatic rings. The van der Waals surface area contributed by atoms with Crippen molar-refractivity contribution in [2.75, 3.05) is 39.3 Å². The molecule has 0 radical (unpaired) electrons. The third-order valence-corrected chi connectivity index (χ3v) is 5.95. The van der Waals surface area contributed by atoms with Crippen molar-refractivity contribution in [1.82, 2.24) is 25.3 Å². The number of pyridine rings is 1. The van der Waals surface area contributed by atoms with Crippen molar-refractivity contribution in [2.24, 2.45) is 0 Å². The Morgan fingerprint density at radius 2 is 1.86 bits per heavy atom. The monoisotopic (exact) mass is 489 g/mol. The van der Waals surface area contributed by atoms with Gasteiger partial charge in [-0.3, -0.25) is 14.5 Å². The van der Waals surface area contributed by atoms with Crippen molar-refractivity contribution in [3.63, 3.8) is 0 Å². The maximum absolute atomic E-state index is 13.6. The van der Waals surface area contributed by atoms with Gasteiger partial charge in [0.25, 0.3) is 11.6 Å². The van der Waals surface area contributed by atoms with Crippen molar-refractivity contribution in [1.29, 1.82) is 0 Å². The Hall–Kier alpha value is -3.47. The molecule has 4 rings (SSSR count). The minimum absolute atomic E-state index is 0.00607. The van der Waals surface area contributed by atoms with Crippen LogP contribution in [0.4, 0.5) is 13.2 Å². The molecule has 0 unspecified atom stereocenters. The first-order chi connectivity index (χ1) is 16.7. The Morgan fingerprint density at radius 3 is 2.54 bits per heavy atom. The van der Waals surface area contributed by atoms with Crippen LogP contribution in [-0.2, 0) is 11.0 Å². The fraction of sp³-hybridized carbons (Fsp3) is 0.417. The number of rotatable bonds is 6. The summed E-state index contributed by atoms with van der Waals surface area (Å²) in [6, 6.07) is 6.46. The number of amides is 2. The maximum Gasteiger partial charge on any atom is 0.417 e. The molecule has 35 heavy (non-hydrogen) atoms. The number of alkyl halides is 3. The Morgan fingerprint density at radius 1 is 1.14 bits per heavy atom. The first-order valence-electron chi connectivity index (χ1n) is 11.4. The molecule has 11 heteroatoms. The molecule has 2 amide bonds. The van der Waals surface area contributed by atoms with Gasteiger partial charge in [0, 0.05) is 38.3 Å². The number of aromatic nitrogens is 2. The lowest BCUT2D eigenvalue weighted by Gasteiger charge is -2.34. The van der Waals surface area contributed by atoms with Crippen molar-refractivity contribution < 1.29 is 27.3 Å². The van der Waals surface area contributed by atoms with Crippen LogP contribution in [0.2, 0.25) is 0 Å². The van der Waals surface area contributed by atoms with Crippen molar-refractivity contribution in [3.8, 4) is 11.3 Å². The van der Waals surface area contributed by atoms with E-state index in [0.29, 0.717) is 43.8 Å². The summed E-state index contributed by atoms with van der Waals surface area (Å²) in [6.07, 6.45) is -3.74. The Bertz CT molecular complexity index is 1230. The quantitative estimate of drug-likeness (QED) is 0.570. The van der Waals surface area contributed by atoms with Gasteiger partial charge in [0.15, 0.2) is 0 Å². The Labute approximate surface area is 200 Å². The van der Waals surface area contributed by atoms with Crippen molar-refractivity contribution in [2.45, 2.75) is 26.4 Å². The van der Waals surface area contributed by atoms with Gasteiger partial charge in [-0.15, -0.1) is 0 Å². The number of nitrogens with zero attached hydrogens (tertiary/aromatic N) is 4. The maximum atomic E-state index is 13.6. The Balaban J connectivity index is 1.61. The van der Waals surface area contributed by atoms with E-state index in [1.54, 1.807) is 11.8 Å². The largest absolute Gasteiger partial charge is 0.417 e. The summed E-state index contributed by atoms with van der Waals surface area (Å²) in [4.78, 5) is 33.3. The average Bonchev–Trinajstić information content (AvgIpc) is 3.22. The van der Waals surface area contributed by atoms with E-state index in [-0.39, 0.29) is 40.9 Å². The van der Waals surface area contributed by atoms with Gasteiger partial charge in [-0.2, -0.15) is 13.2 Å². The van der Waals surface area contributed by atoms with Gasteiger partial charge in [-0.05, 0) is 25.5 Å². The number of hydrogen-bond acceptors (Lipinski definition) is 6. The molecule has 1 aliphatic heterocycles. The van der Waals surface area contributed by atoms with E-state index in [1.165, 1.54) is 24.3 Å². The predicted molar refractivity (Wildman–Crippen MR) is 123 cm³/mol. The van der Waals surface area contributed by atoms with Gasteiger partial charge >= 0.3 is 6.18 Å². The fourth-order valence-corrected chi connectivity index (χ4v) is 4.16. The molecule has 1 fully saturated rings. The van der Waals surface area contributed by atoms with Gasteiger partial charge in [-0.1, -0.05) is 30.3 Å². The second kappa shape index (κ2) is 10.0. The molecule has 1 saturated heterocycles. The van der Waals surface area contributed by atoms with Crippen LogP contribution >= 0.6 is 0 Å². The summed E-state index contributed by atoms with van der Waals surface area (Å²) in [6.45, 7) is 6.27. The first-order valence-corrected chi connectivity index (χ1v) is 11.4. The highest BCUT2D eigenvalue weighted by Gasteiger charge is 2.34. The smallest absolute Gasteiger partial charge is 0.355 e. The third kappa shape index (κ3) is 5.29. The van der Waals surface area contributed by atoms with E-state index in [1.807, 2.05) is 11.8 Å². The molecular formula is C24H26F3N5O3. The molecule has 0 spiro atoms. The topological polar surface area (TPSA) is 91.6 Å². The summed E-state index contributed by atoms with van der Waals surface area (Å²) in [5, 5.41) is 7.09. The number of fused-ring (bicyclic) bond motifs is 1. The first kappa shape index (κ1) is 24.6. The van der Waals surface area contributed by atoms with E-state index in [4.69, 9.17) is 4.52 Å². The predicted octanol–water partition coefficient (Wildman–Crippen LogP) is 3.50. The zero-order valence-electron chi connectivity index (χ0n) is 19.5. The van der Waals surface area contributed by atoms with Crippen LogP contribution in [-0.4, -0.2) is 71.0 Å². The van der Waals surface area contributed by atoms with E-state index in [0.717, 1.165) is 12.5 Å². The molecule has 2 aromatic heterocycles.